The second kappa shape index (κ2) is 6.15. The minimum atomic E-state index is -1.36. The molecule has 0 spiro atoms. The number of carbonyl (C=O) groups is 2. The Morgan fingerprint density at radius 2 is 2.18 bits per heavy atom. The van der Waals surface area contributed by atoms with Crippen molar-refractivity contribution in [2.24, 2.45) is 17.3 Å². The number of rotatable bonds is 4. The summed E-state index contributed by atoms with van der Waals surface area (Å²) in [5.41, 5.74) is 0.439. The number of hydrogen-bond donors (Lipinski definition) is 0. The molecule has 0 radical (unpaired) electrons. The summed E-state index contributed by atoms with van der Waals surface area (Å²) >= 11 is 0. The van der Waals surface area contributed by atoms with Crippen LogP contribution in [-0.2, 0) is 14.3 Å². The molecule has 4 atom stereocenters. The van der Waals surface area contributed by atoms with E-state index < -0.39 is 23.2 Å². The lowest BCUT2D eigenvalue weighted by Crippen LogP contribution is -2.35. The van der Waals surface area contributed by atoms with Crippen molar-refractivity contribution in [3.8, 4) is 6.07 Å². The average molecular weight is 297 g/mol. The van der Waals surface area contributed by atoms with Crippen LogP contribution < -0.4 is 0 Å². The molecular weight excluding hydrogens is 278 g/mol. The number of nitriles is 1. The van der Waals surface area contributed by atoms with Crippen LogP contribution in [0, 0.1) is 35.5 Å². The van der Waals surface area contributed by atoms with Crippen LogP contribution in [0.25, 0.3) is 0 Å². The second-order valence-corrected chi connectivity index (χ2v) is 5.73. The maximum absolute atomic E-state index is 12.4. The first-order valence-electron chi connectivity index (χ1n) is 7.18. The van der Waals surface area contributed by atoms with E-state index in [9.17, 15) is 14.9 Å². The Morgan fingerprint density at radius 1 is 1.50 bits per heavy atom. The van der Waals surface area contributed by atoms with Crippen molar-refractivity contribution >= 4 is 12.3 Å². The average Bonchev–Trinajstić information content (AvgIpc) is 2.89. The highest BCUT2D eigenvalue weighted by Crippen LogP contribution is 2.56. The minimum Gasteiger partial charge on any atom is -0.468 e. The maximum Gasteiger partial charge on any atom is 0.326 e. The van der Waals surface area contributed by atoms with Crippen molar-refractivity contribution in [3.63, 3.8) is 0 Å². The highest BCUT2D eigenvalue weighted by atomic mass is 16.5. The summed E-state index contributed by atoms with van der Waals surface area (Å²) in [7, 11) is 1.27. The van der Waals surface area contributed by atoms with Gasteiger partial charge in [0.05, 0.1) is 13.2 Å². The monoisotopic (exact) mass is 297 g/mol. The van der Waals surface area contributed by atoms with E-state index in [0.717, 1.165) is 17.4 Å². The van der Waals surface area contributed by atoms with Crippen molar-refractivity contribution in [2.45, 2.75) is 19.3 Å². The van der Waals surface area contributed by atoms with Gasteiger partial charge >= 0.3 is 5.97 Å². The molecule has 1 aromatic carbocycles. The molecule has 1 aliphatic carbocycles. The van der Waals surface area contributed by atoms with Crippen LogP contribution in [-0.4, -0.2) is 19.4 Å². The summed E-state index contributed by atoms with van der Waals surface area (Å²) in [4.78, 5) is 24.1. The number of nitrogens with zero attached hydrogens (tertiary/aromatic N) is 1. The molecule has 0 unspecified atom stereocenters. The molecule has 1 aromatic rings. The molecule has 1 aliphatic rings. The van der Waals surface area contributed by atoms with Crippen LogP contribution >= 0.6 is 0 Å². The van der Waals surface area contributed by atoms with E-state index in [0.29, 0.717) is 0 Å². The maximum atomic E-state index is 12.4. The molecule has 0 bridgehead atoms. The van der Waals surface area contributed by atoms with Gasteiger partial charge in [-0.05, 0) is 30.4 Å². The van der Waals surface area contributed by atoms with Crippen LogP contribution in [0.15, 0.2) is 36.9 Å². The van der Waals surface area contributed by atoms with E-state index in [2.05, 4.69) is 12.6 Å². The van der Waals surface area contributed by atoms with E-state index in [1.165, 1.54) is 7.11 Å². The van der Waals surface area contributed by atoms with E-state index in [1.54, 1.807) is 6.08 Å². The highest BCUT2D eigenvalue weighted by molar-refractivity contribution is 5.84. The first-order chi connectivity index (χ1) is 10.6. The van der Waals surface area contributed by atoms with Crippen molar-refractivity contribution in [2.75, 3.05) is 7.11 Å². The normalized spacial score (nSPS) is 30.3. The zero-order valence-electron chi connectivity index (χ0n) is 12.8. The van der Waals surface area contributed by atoms with Gasteiger partial charge in [0, 0.05) is 11.8 Å². The molecule has 2 rings (SSSR count). The van der Waals surface area contributed by atoms with E-state index in [-0.39, 0.29) is 12.3 Å². The number of ether oxygens (including phenoxy) is 1. The van der Waals surface area contributed by atoms with Crippen molar-refractivity contribution < 1.29 is 14.3 Å². The fourth-order valence-electron chi connectivity index (χ4n) is 3.59. The third-order valence-corrected chi connectivity index (χ3v) is 4.70. The Kier molecular flexibility index (Phi) is 4.46. The predicted molar refractivity (Wildman–Crippen MR) is 81.8 cm³/mol. The van der Waals surface area contributed by atoms with E-state index in [4.69, 9.17) is 4.74 Å². The van der Waals surface area contributed by atoms with Gasteiger partial charge in [-0.25, -0.2) is 0 Å². The fraction of sp³-hybridized carbons (Fsp3) is 0.389. The molecule has 114 valence electrons. The van der Waals surface area contributed by atoms with Crippen molar-refractivity contribution in [1.82, 2.24) is 0 Å². The largest absolute Gasteiger partial charge is 0.468 e. The quantitative estimate of drug-likeness (QED) is 0.487. The molecule has 4 nitrogen and oxygen atoms in total. The van der Waals surface area contributed by atoms with Gasteiger partial charge in [0.2, 0.25) is 0 Å². The Bertz CT molecular complexity index is 646. The second-order valence-electron chi connectivity index (χ2n) is 5.73. The molecule has 0 N–H and O–H groups in total. The van der Waals surface area contributed by atoms with Crippen LogP contribution in [0.2, 0.25) is 0 Å². The Balaban J connectivity index is 2.69. The summed E-state index contributed by atoms with van der Waals surface area (Å²) < 4.78 is 4.89. The lowest BCUT2D eigenvalue weighted by molar-refractivity contribution is -0.150. The number of methoxy groups -OCH3 is 1. The topological polar surface area (TPSA) is 67.2 Å². The SMILES string of the molecule is C=C[C@H]1C[C@@](C#N)(C(=O)OC)[C@H](c2ccccc2C)[C@H]1C=O. The van der Waals surface area contributed by atoms with Gasteiger partial charge in [0.15, 0.2) is 5.41 Å². The molecule has 0 aliphatic heterocycles. The Morgan fingerprint density at radius 3 is 2.68 bits per heavy atom. The predicted octanol–water partition coefficient (Wildman–Crippen LogP) is 2.78. The zero-order valence-corrected chi connectivity index (χ0v) is 12.8. The molecule has 22 heavy (non-hydrogen) atoms. The molecule has 0 aromatic heterocycles. The Labute approximate surface area is 130 Å². The molecule has 1 saturated carbocycles. The fourth-order valence-corrected chi connectivity index (χ4v) is 3.59. The van der Waals surface area contributed by atoms with Gasteiger partial charge in [0.25, 0.3) is 0 Å². The van der Waals surface area contributed by atoms with Gasteiger partial charge in [-0.15, -0.1) is 6.58 Å². The molecule has 0 amide bonds. The van der Waals surface area contributed by atoms with Crippen LogP contribution in [0.1, 0.15) is 23.5 Å². The van der Waals surface area contributed by atoms with Gasteiger partial charge in [-0.1, -0.05) is 30.3 Å². The van der Waals surface area contributed by atoms with Gasteiger partial charge in [-0.2, -0.15) is 5.26 Å². The summed E-state index contributed by atoms with van der Waals surface area (Å²) in [6.45, 7) is 5.67. The number of allylic oxidation sites excluding steroid dienone is 1. The van der Waals surface area contributed by atoms with Crippen LogP contribution in [0.4, 0.5) is 0 Å². The smallest absolute Gasteiger partial charge is 0.326 e. The first kappa shape index (κ1) is 16.0. The number of carbonyl (C=O) groups excluding carboxylic acids is 2. The molecule has 0 saturated heterocycles. The summed E-state index contributed by atoms with van der Waals surface area (Å²) in [6.07, 6.45) is 2.75. The summed E-state index contributed by atoms with van der Waals surface area (Å²) in [5.74, 6) is -1.79. The molecule has 4 heteroatoms. The van der Waals surface area contributed by atoms with Crippen LogP contribution in [0.3, 0.4) is 0 Å². The van der Waals surface area contributed by atoms with Gasteiger partial charge < -0.3 is 9.53 Å². The molecule has 0 heterocycles. The third kappa shape index (κ3) is 2.23. The number of esters is 1. The number of aryl methyl sites for hydroxylation is 1. The lowest BCUT2D eigenvalue weighted by Gasteiger charge is -2.29. The van der Waals surface area contributed by atoms with Crippen LogP contribution in [0.5, 0.6) is 0 Å². The third-order valence-electron chi connectivity index (χ3n) is 4.70. The van der Waals surface area contributed by atoms with Crippen molar-refractivity contribution in [1.29, 1.82) is 5.26 Å². The number of aldehydes is 1. The summed E-state index contributed by atoms with van der Waals surface area (Å²) in [6, 6.07) is 9.68. The zero-order chi connectivity index (χ0) is 16.3. The van der Waals surface area contributed by atoms with E-state index >= 15 is 0 Å². The Hall–Kier alpha value is -2.41. The van der Waals surface area contributed by atoms with Gasteiger partial charge in [0.1, 0.15) is 6.29 Å². The minimum absolute atomic E-state index is 0.221. The number of benzene rings is 1. The molecular formula is C18H19NO3. The van der Waals surface area contributed by atoms with Crippen molar-refractivity contribution in [3.05, 3.63) is 48.0 Å². The highest BCUT2D eigenvalue weighted by Gasteiger charge is 2.59. The molecule has 1 fully saturated rings. The summed E-state index contributed by atoms with van der Waals surface area (Å²) in [5, 5.41) is 9.77. The van der Waals surface area contributed by atoms with E-state index in [1.807, 2.05) is 31.2 Å². The first-order valence-corrected chi connectivity index (χ1v) is 7.18. The lowest BCUT2D eigenvalue weighted by atomic mass is 9.71. The standard InChI is InChI=1S/C18H19NO3/c1-4-13-9-18(11-19,17(21)22-3)16(15(13)10-20)14-8-6-5-7-12(14)2/h4-8,10,13,15-16H,1,9H2,2-3H3/t13-,15-,16+,18-/m0/s1. The van der Waals surface area contributed by atoms with Gasteiger partial charge in [-0.3, -0.25) is 4.79 Å². The number of hydrogen-bond acceptors (Lipinski definition) is 4.